The molecule has 3 aromatic rings. The lowest BCUT2D eigenvalue weighted by Crippen LogP contribution is -2.14. The number of benzene rings is 2. The summed E-state index contributed by atoms with van der Waals surface area (Å²) in [5.41, 5.74) is 7.10. The second-order valence-corrected chi connectivity index (χ2v) is 7.34. The average Bonchev–Trinajstić information content (AvgIpc) is 3.09. The van der Waals surface area contributed by atoms with Crippen LogP contribution in [0.1, 0.15) is 10.4 Å². The maximum absolute atomic E-state index is 12.0. The van der Waals surface area contributed by atoms with Gasteiger partial charge in [-0.2, -0.15) is 0 Å². The fourth-order valence-electron chi connectivity index (χ4n) is 2.01. The quantitative estimate of drug-likeness (QED) is 0.539. The maximum Gasteiger partial charge on any atom is 0.248 e. The van der Waals surface area contributed by atoms with E-state index in [-0.39, 0.29) is 11.7 Å². The standard InChI is InChI=1S/C17H15N5O2S2/c18-15(24)11-6-8-13(9-7-11)19-14(23)10-25-17-22-21-16(26-17)20-12-4-2-1-3-5-12/h1-9H,10H2,(H2,18,24)(H,19,23)(H,20,21). The average molecular weight is 385 g/mol. The van der Waals surface area contributed by atoms with Gasteiger partial charge in [0.15, 0.2) is 4.34 Å². The molecule has 0 unspecified atom stereocenters. The second kappa shape index (κ2) is 8.45. The molecule has 0 bridgehead atoms. The zero-order valence-electron chi connectivity index (χ0n) is 13.5. The van der Waals surface area contributed by atoms with E-state index in [1.807, 2.05) is 30.3 Å². The molecule has 2 aromatic carbocycles. The summed E-state index contributed by atoms with van der Waals surface area (Å²) in [6.45, 7) is 0. The van der Waals surface area contributed by atoms with Crippen molar-refractivity contribution >= 4 is 51.4 Å². The number of primary amides is 1. The van der Waals surface area contributed by atoms with Crippen molar-refractivity contribution < 1.29 is 9.59 Å². The summed E-state index contributed by atoms with van der Waals surface area (Å²) >= 11 is 2.69. The molecule has 2 amide bonds. The molecular weight excluding hydrogens is 370 g/mol. The molecule has 0 radical (unpaired) electrons. The van der Waals surface area contributed by atoms with E-state index in [2.05, 4.69) is 20.8 Å². The van der Waals surface area contributed by atoms with Crippen molar-refractivity contribution in [3.05, 3.63) is 60.2 Å². The first-order chi connectivity index (χ1) is 12.6. The van der Waals surface area contributed by atoms with Crippen LogP contribution in [-0.4, -0.2) is 27.8 Å². The van der Waals surface area contributed by atoms with Crippen LogP contribution in [-0.2, 0) is 4.79 Å². The van der Waals surface area contributed by atoms with E-state index < -0.39 is 5.91 Å². The Balaban J connectivity index is 1.49. The number of carbonyl (C=O) groups excluding carboxylic acids is 2. The van der Waals surface area contributed by atoms with Crippen LogP contribution in [0.3, 0.4) is 0 Å². The molecule has 4 N–H and O–H groups in total. The normalized spacial score (nSPS) is 10.3. The molecule has 0 saturated carbocycles. The number of nitrogens with one attached hydrogen (secondary N) is 2. The minimum Gasteiger partial charge on any atom is -0.366 e. The lowest BCUT2D eigenvalue weighted by atomic mass is 10.2. The molecule has 9 heteroatoms. The molecule has 1 aromatic heterocycles. The van der Waals surface area contributed by atoms with Gasteiger partial charge in [0.1, 0.15) is 0 Å². The smallest absolute Gasteiger partial charge is 0.248 e. The number of hydrogen-bond donors (Lipinski definition) is 3. The van der Waals surface area contributed by atoms with Gasteiger partial charge in [0.05, 0.1) is 5.75 Å². The predicted octanol–water partition coefficient (Wildman–Crippen LogP) is 3.11. The van der Waals surface area contributed by atoms with Gasteiger partial charge in [-0.05, 0) is 36.4 Å². The van der Waals surface area contributed by atoms with Gasteiger partial charge in [-0.25, -0.2) is 0 Å². The maximum atomic E-state index is 12.0. The van der Waals surface area contributed by atoms with Crippen molar-refractivity contribution in [2.45, 2.75) is 4.34 Å². The number of anilines is 3. The monoisotopic (exact) mass is 385 g/mol. The van der Waals surface area contributed by atoms with Crippen LogP contribution in [0.2, 0.25) is 0 Å². The molecule has 0 aliphatic carbocycles. The highest BCUT2D eigenvalue weighted by molar-refractivity contribution is 8.01. The lowest BCUT2D eigenvalue weighted by Gasteiger charge is -2.04. The van der Waals surface area contributed by atoms with Crippen molar-refractivity contribution in [2.75, 3.05) is 16.4 Å². The minimum absolute atomic E-state index is 0.172. The van der Waals surface area contributed by atoms with Gasteiger partial charge in [0.25, 0.3) is 0 Å². The van der Waals surface area contributed by atoms with E-state index in [9.17, 15) is 9.59 Å². The predicted molar refractivity (Wildman–Crippen MR) is 104 cm³/mol. The summed E-state index contributed by atoms with van der Waals surface area (Å²) in [5, 5.41) is 14.7. The molecule has 0 atom stereocenters. The van der Waals surface area contributed by atoms with Gasteiger partial charge >= 0.3 is 0 Å². The van der Waals surface area contributed by atoms with Crippen LogP contribution in [0.15, 0.2) is 58.9 Å². The van der Waals surface area contributed by atoms with Gasteiger partial charge in [-0.3, -0.25) is 9.59 Å². The number of nitrogens with zero attached hydrogens (tertiary/aromatic N) is 2. The van der Waals surface area contributed by atoms with Crippen LogP contribution in [0, 0.1) is 0 Å². The summed E-state index contributed by atoms with van der Waals surface area (Å²) in [6, 6.07) is 16.1. The van der Waals surface area contributed by atoms with Crippen LogP contribution in [0.5, 0.6) is 0 Å². The molecular formula is C17H15N5O2S2. The number of nitrogens with two attached hydrogens (primary N) is 1. The number of hydrogen-bond acceptors (Lipinski definition) is 7. The van der Waals surface area contributed by atoms with E-state index in [4.69, 9.17) is 5.73 Å². The van der Waals surface area contributed by atoms with Crippen molar-refractivity contribution in [2.24, 2.45) is 5.73 Å². The largest absolute Gasteiger partial charge is 0.366 e. The Kier molecular flexibility index (Phi) is 5.82. The van der Waals surface area contributed by atoms with Crippen LogP contribution in [0.4, 0.5) is 16.5 Å². The van der Waals surface area contributed by atoms with Gasteiger partial charge in [0.2, 0.25) is 16.9 Å². The third-order valence-corrected chi connectivity index (χ3v) is 5.18. The van der Waals surface area contributed by atoms with Crippen LogP contribution < -0.4 is 16.4 Å². The van der Waals surface area contributed by atoms with Gasteiger partial charge < -0.3 is 16.4 Å². The van der Waals surface area contributed by atoms with Gasteiger partial charge in [0, 0.05) is 16.9 Å². The van der Waals surface area contributed by atoms with E-state index in [1.165, 1.54) is 23.1 Å². The molecule has 0 spiro atoms. The Hall–Kier alpha value is -2.91. The molecule has 132 valence electrons. The highest BCUT2D eigenvalue weighted by Crippen LogP contribution is 2.27. The van der Waals surface area contributed by atoms with Crippen molar-refractivity contribution in [3.63, 3.8) is 0 Å². The van der Waals surface area contributed by atoms with Crippen molar-refractivity contribution in [3.8, 4) is 0 Å². The summed E-state index contributed by atoms with van der Waals surface area (Å²) in [4.78, 5) is 23.0. The van der Waals surface area contributed by atoms with Gasteiger partial charge in [-0.1, -0.05) is 41.3 Å². The zero-order valence-corrected chi connectivity index (χ0v) is 15.1. The Labute approximate surface area is 158 Å². The summed E-state index contributed by atoms with van der Waals surface area (Å²) in [6.07, 6.45) is 0. The second-order valence-electron chi connectivity index (χ2n) is 5.14. The highest BCUT2D eigenvalue weighted by atomic mass is 32.2. The van der Waals surface area contributed by atoms with Crippen LogP contribution in [0.25, 0.3) is 0 Å². The Morgan fingerprint density at radius 2 is 1.73 bits per heavy atom. The molecule has 0 aliphatic rings. The first-order valence-electron chi connectivity index (χ1n) is 7.58. The number of amides is 2. The summed E-state index contributed by atoms with van der Waals surface area (Å²) in [5.74, 6) is -0.471. The van der Waals surface area contributed by atoms with Gasteiger partial charge in [-0.15, -0.1) is 10.2 Å². The minimum atomic E-state index is -0.505. The third-order valence-electron chi connectivity index (χ3n) is 3.21. The van der Waals surface area contributed by atoms with E-state index >= 15 is 0 Å². The van der Waals surface area contributed by atoms with E-state index in [1.54, 1.807) is 24.3 Å². The first-order valence-corrected chi connectivity index (χ1v) is 9.38. The summed E-state index contributed by atoms with van der Waals surface area (Å²) in [7, 11) is 0. The number of para-hydroxylation sites is 1. The highest BCUT2D eigenvalue weighted by Gasteiger charge is 2.09. The summed E-state index contributed by atoms with van der Waals surface area (Å²) < 4.78 is 0.697. The fraction of sp³-hybridized carbons (Fsp3) is 0.0588. The van der Waals surface area contributed by atoms with Crippen molar-refractivity contribution in [1.29, 1.82) is 0 Å². The fourth-order valence-corrected chi connectivity index (χ4v) is 3.58. The third kappa shape index (κ3) is 5.04. The zero-order chi connectivity index (χ0) is 18.4. The first kappa shape index (κ1) is 17.9. The number of aromatic nitrogens is 2. The molecule has 3 rings (SSSR count). The van der Waals surface area contributed by atoms with Crippen molar-refractivity contribution in [1.82, 2.24) is 10.2 Å². The lowest BCUT2D eigenvalue weighted by molar-refractivity contribution is -0.113. The topological polar surface area (TPSA) is 110 Å². The molecule has 7 nitrogen and oxygen atoms in total. The SMILES string of the molecule is NC(=O)c1ccc(NC(=O)CSc2nnc(Nc3ccccc3)s2)cc1. The molecule has 26 heavy (non-hydrogen) atoms. The van der Waals surface area contributed by atoms with E-state index in [0.717, 1.165) is 5.69 Å². The number of carbonyl (C=O) groups is 2. The number of rotatable bonds is 7. The molecule has 0 saturated heterocycles. The van der Waals surface area contributed by atoms with Crippen LogP contribution >= 0.6 is 23.1 Å². The number of thioether (sulfide) groups is 1. The Morgan fingerprint density at radius 3 is 2.42 bits per heavy atom. The Bertz CT molecular complexity index is 897. The van der Waals surface area contributed by atoms with E-state index in [0.29, 0.717) is 20.7 Å². The molecule has 0 fully saturated rings. The molecule has 0 aliphatic heterocycles. The Morgan fingerprint density at radius 1 is 1.00 bits per heavy atom. The molecule has 1 heterocycles.